The molecule has 0 saturated carbocycles. The molecule has 2 nitrogen and oxygen atoms in total. The van der Waals surface area contributed by atoms with Crippen molar-refractivity contribution in [3.63, 3.8) is 0 Å². The maximum Gasteiger partial charge on any atom is 0.412 e. The molecule has 1 N–H and O–H groups in total. The van der Waals surface area contributed by atoms with Crippen LogP contribution in [0, 0.1) is 11.8 Å². The van der Waals surface area contributed by atoms with Gasteiger partial charge in [0.05, 0.1) is 0 Å². The highest BCUT2D eigenvalue weighted by Gasteiger charge is 2.41. The Morgan fingerprint density at radius 2 is 1.95 bits per heavy atom. The summed E-state index contributed by atoms with van der Waals surface area (Å²) in [5.74, 6) is -1.10. The van der Waals surface area contributed by atoms with Gasteiger partial charge in [0.15, 0.2) is 0 Å². The van der Waals surface area contributed by atoms with Gasteiger partial charge in [0.25, 0.3) is 0 Å². The van der Waals surface area contributed by atoms with Crippen LogP contribution in [0.1, 0.15) is 42.1 Å². The number of hydrogen-bond donors (Lipinski definition) is 1. The highest BCUT2D eigenvalue weighted by molar-refractivity contribution is 5.78. The Morgan fingerprint density at radius 3 is 2.52 bits per heavy atom. The van der Waals surface area contributed by atoms with E-state index in [9.17, 15) is 23.1 Å². The van der Waals surface area contributed by atoms with Crippen molar-refractivity contribution in [3.05, 3.63) is 41.0 Å². The zero-order chi connectivity index (χ0) is 15.8. The van der Waals surface area contributed by atoms with E-state index in [1.165, 1.54) is 24.3 Å². The van der Waals surface area contributed by atoms with Crippen molar-refractivity contribution >= 4 is 6.29 Å². The van der Waals surface area contributed by atoms with E-state index in [1.807, 2.05) is 6.92 Å². The number of alkyl halides is 3. The van der Waals surface area contributed by atoms with E-state index in [1.54, 1.807) is 6.92 Å². The summed E-state index contributed by atoms with van der Waals surface area (Å²) < 4.78 is 39.2. The van der Waals surface area contributed by atoms with Crippen LogP contribution >= 0.6 is 0 Å². The Kier molecular flexibility index (Phi) is 4.12. The van der Waals surface area contributed by atoms with Crippen molar-refractivity contribution in [2.24, 2.45) is 11.8 Å². The quantitative estimate of drug-likeness (QED) is 0.647. The third-order valence-corrected chi connectivity index (χ3v) is 4.11. The summed E-state index contributed by atoms with van der Waals surface area (Å²) >= 11 is 0. The highest BCUT2D eigenvalue weighted by Crippen LogP contribution is 2.45. The number of hydrogen-bond acceptors (Lipinski definition) is 2. The van der Waals surface area contributed by atoms with E-state index in [-0.39, 0.29) is 17.2 Å². The Balaban J connectivity index is 2.51. The number of halogens is 3. The van der Waals surface area contributed by atoms with Gasteiger partial charge in [0.2, 0.25) is 0 Å². The number of aromatic hydroxyl groups is 1. The standard InChI is InChI=1S/C16H17F3O2/c1-9-5-10(2)15(16(17,18)19)7-14(9)13-4-3-12(21)6-11(13)8-20/h3-4,6-10,14,21H,5H2,1-2H3. The van der Waals surface area contributed by atoms with Gasteiger partial charge in [-0.3, -0.25) is 4.79 Å². The van der Waals surface area contributed by atoms with E-state index in [2.05, 4.69) is 0 Å². The van der Waals surface area contributed by atoms with Crippen molar-refractivity contribution in [1.29, 1.82) is 0 Å². The molecular formula is C16H17F3O2. The summed E-state index contributed by atoms with van der Waals surface area (Å²) in [6.45, 7) is 3.45. The molecule has 0 bridgehead atoms. The Morgan fingerprint density at radius 1 is 1.29 bits per heavy atom. The van der Waals surface area contributed by atoms with Gasteiger partial charge in [-0.15, -0.1) is 0 Å². The van der Waals surface area contributed by atoms with Gasteiger partial charge in [-0.2, -0.15) is 13.2 Å². The van der Waals surface area contributed by atoms with Gasteiger partial charge in [-0.25, -0.2) is 0 Å². The number of allylic oxidation sites excluding steroid dienone is 2. The molecule has 0 spiro atoms. The van der Waals surface area contributed by atoms with Crippen LogP contribution in [0.3, 0.4) is 0 Å². The first kappa shape index (κ1) is 15.6. The average Bonchev–Trinajstić information content (AvgIpc) is 2.37. The van der Waals surface area contributed by atoms with Gasteiger partial charge in [-0.05, 0) is 36.0 Å². The summed E-state index contributed by atoms with van der Waals surface area (Å²) in [6, 6.07) is 4.21. The molecule has 21 heavy (non-hydrogen) atoms. The smallest absolute Gasteiger partial charge is 0.412 e. The third kappa shape index (κ3) is 3.12. The third-order valence-electron chi connectivity index (χ3n) is 4.11. The molecule has 0 aromatic heterocycles. The van der Waals surface area contributed by atoms with Crippen molar-refractivity contribution < 1.29 is 23.1 Å². The predicted octanol–water partition coefficient (Wildman–Crippen LogP) is 4.45. The summed E-state index contributed by atoms with van der Waals surface area (Å²) in [6.07, 6.45) is -2.13. The molecule has 2 rings (SSSR count). The van der Waals surface area contributed by atoms with Crippen LogP contribution in [0.25, 0.3) is 0 Å². The van der Waals surface area contributed by atoms with Gasteiger partial charge >= 0.3 is 6.18 Å². The fourth-order valence-corrected chi connectivity index (χ4v) is 3.09. The molecule has 0 fully saturated rings. The van der Waals surface area contributed by atoms with Crippen LogP contribution in [-0.2, 0) is 0 Å². The zero-order valence-corrected chi connectivity index (χ0v) is 11.8. The Bertz CT molecular complexity index is 575. The molecule has 114 valence electrons. The molecule has 1 aromatic rings. The molecule has 0 amide bonds. The molecule has 0 aliphatic heterocycles. The van der Waals surface area contributed by atoms with E-state index < -0.39 is 23.6 Å². The summed E-state index contributed by atoms with van der Waals surface area (Å²) in [5.41, 5.74) is 0.235. The fourth-order valence-electron chi connectivity index (χ4n) is 3.09. The van der Waals surface area contributed by atoms with E-state index in [0.29, 0.717) is 18.3 Å². The summed E-state index contributed by atoms with van der Waals surface area (Å²) in [7, 11) is 0. The van der Waals surface area contributed by atoms with E-state index >= 15 is 0 Å². The van der Waals surface area contributed by atoms with E-state index in [0.717, 1.165) is 0 Å². The lowest BCUT2D eigenvalue weighted by molar-refractivity contribution is -0.101. The minimum Gasteiger partial charge on any atom is -0.508 e. The molecule has 0 saturated heterocycles. The second-order valence-electron chi connectivity index (χ2n) is 5.69. The van der Waals surface area contributed by atoms with Crippen LogP contribution in [0.2, 0.25) is 0 Å². The lowest BCUT2D eigenvalue weighted by Crippen LogP contribution is -2.27. The van der Waals surface area contributed by atoms with Gasteiger partial charge in [0.1, 0.15) is 12.0 Å². The maximum absolute atomic E-state index is 13.1. The molecule has 0 radical (unpaired) electrons. The molecule has 5 heteroatoms. The number of rotatable bonds is 2. The average molecular weight is 298 g/mol. The second-order valence-corrected chi connectivity index (χ2v) is 5.69. The molecular weight excluding hydrogens is 281 g/mol. The largest absolute Gasteiger partial charge is 0.508 e. The highest BCUT2D eigenvalue weighted by atomic mass is 19.4. The normalized spacial score (nSPS) is 26.3. The van der Waals surface area contributed by atoms with Crippen LogP contribution < -0.4 is 0 Å². The molecule has 0 heterocycles. The van der Waals surface area contributed by atoms with Crippen molar-refractivity contribution in [2.45, 2.75) is 32.4 Å². The van der Waals surface area contributed by atoms with Gasteiger partial charge in [0, 0.05) is 17.1 Å². The van der Waals surface area contributed by atoms with Crippen LogP contribution in [0.5, 0.6) is 5.75 Å². The second kappa shape index (κ2) is 5.54. The van der Waals surface area contributed by atoms with E-state index in [4.69, 9.17) is 0 Å². The van der Waals surface area contributed by atoms with Crippen molar-refractivity contribution in [3.8, 4) is 5.75 Å². The van der Waals surface area contributed by atoms with Crippen molar-refractivity contribution in [2.75, 3.05) is 0 Å². The number of aldehydes is 1. The van der Waals surface area contributed by atoms with Crippen LogP contribution in [-0.4, -0.2) is 17.6 Å². The fraction of sp³-hybridized carbons (Fsp3) is 0.438. The summed E-state index contributed by atoms with van der Waals surface area (Å²) in [5, 5.41) is 9.40. The van der Waals surface area contributed by atoms with Gasteiger partial charge in [-0.1, -0.05) is 26.0 Å². The van der Waals surface area contributed by atoms with Crippen molar-refractivity contribution in [1.82, 2.24) is 0 Å². The molecule has 3 atom stereocenters. The number of benzene rings is 1. The first-order valence-corrected chi connectivity index (χ1v) is 6.81. The maximum atomic E-state index is 13.1. The van der Waals surface area contributed by atoms with Crippen LogP contribution in [0.4, 0.5) is 13.2 Å². The van der Waals surface area contributed by atoms with Gasteiger partial charge < -0.3 is 5.11 Å². The molecule has 1 aliphatic rings. The first-order valence-electron chi connectivity index (χ1n) is 6.81. The lowest BCUT2D eigenvalue weighted by Gasteiger charge is -2.33. The monoisotopic (exact) mass is 298 g/mol. The SMILES string of the molecule is CC1CC(C)C(c2ccc(O)cc2C=O)C=C1C(F)(F)F. The number of carbonyl (C=O) groups is 1. The molecule has 1 aliphatic carbocycles. The molecule has 3 unspecified atom stereocenters. The first-order chi connectivity index (χ1) is 9.74. The Labute approximate surface area is 121 Å². The minimum atomic E-state index is -4.35. The summed E-state index contributed by atoms with van der Waals surface area (Å²) in [4.78, 5) is 11.1. The zero-order valence-electron chi connectivity index (χ0n) is 11.8. The predicted molar refractivity (Wildman–Crippen MR) is 73.3 cm³/mol. The Hall–Kier alpha value is -1.78. The number of phenols is 1. The van der Waals surface area contributed by atoms with Crippen LogP contribution in [0.15, 0.2) is 29.8 Å². The number of carbonyl (C=O) groups excluding carboxylic acids is 1. The number of phenolic OH excluding ortho intramolecular Hbond substituents is 1. The minimum absolute atomic E-state index is 0.00524. The lowest BCUT2D eigenvalue weighted by atomic mass is 9.72. The molecule has 1 aromatic carbocycles. The topological polar surface area (TPSA) is 37.3 Å².